The molecule has 0 saturated heterocycles. The normalized spacial score (nSPS) is 12.6. The summed E-state index contributed by atoms with van der Waals surface area (Å²) >= 11 is 0. The van der Waals surface area contributed by atoms with Gasteiger partial charge in [0, 0.05) is 5.41 Å². The zero-order valence-corrected chi connectivity index (χ0v) is 9.47. The third-order valence-electron chi connectivity index (χ3n) is 2.11. The van der Waals surface area contributed by atoms with Gasteiger partial charge in [-0.15, -0.1) is 6.42 Å². The molecule has 0 radical (unpaired) electrons. The van der Waals surface area contributed by atoms with Gasteiger partial charge in [0.05, 0.1) is 5.41 Å². The number of H-pyrrole nitrogens is 1. The van der Waals surface area contributed by atoms with Crippen molar-refractivity contribution in [3.8, 4) is 12.3 Å². The van der Waals surface area contributed by atoms with Crippen LogP contribution in [0.3, 0.4) is 0 Å². The van der Waals surface area contributed by atoms with E-state index >= 15 is 0 Å². The molecular weight excluding hydrogens is 174 g/mol. The molecule has 14 heavy (non-hydrogen) atoms. The van der Waals surface area contributed by atoms with E-state index in [-0.39, 0.29) is 10.8 Å². The lowest BCUT2D eigenvalue weighted by atomic mass is 9.93. The fraction of sp³-hybridized carbons (Fsp3) is 0.636. The molecule has 1 rings (SSSR count). The molecule has 0 fully saturated rings. The number of hydrogen-bond acceptors (Lipinski definition) is 2. The maximum atomic E-state index is 5.42. The van der Waals surface area contributed by atoms with Crippen molar-refractivity contribution in [2.24, 2.45) is 0 Å². The minimum Gasteiger partial charge on any atom is -0.262 e. The zero-order valence-electron chi connectivity index (χ0n) is 9.47. The average molecular weight is 191 g/mol. The topological polar surface area (TPSA) is 41.6 Å². The summed E-state index contributed by atoms with van der Waals surface area (Å²) in [6.45, 7) is 10.1. The van der Waals surface area contributed by atoms with Gasteiger partial charge in [0.2, 0.25) is 0 Å². The van der Waals surface area contributed by atoms with E-state index in [0.717, 1.165) is 11.6 Å². The SMILES string of the molecule is C#CC(C)(C)c1nc(C(C)(C)C)n[nH]1. The molecule has 76 valence electrons. The third kappa shape index (κ3) is 1.95. The predicted octanol–water partition coefficient (Wildman–Crippen LogP) is 2.01. The molecule has 3 heteroatoms. The van der Waals surface area contributed by atoms with Gasteiger partial charge < -0.3 is 0 Å². The van der Waals surface area contributed by atoms with E-state index in [9.17, 15) is 0 Å². The average Bonchev–Trinajstić information content (AvgIpc) is 2.51. The van der Waals surface area contributed by atoms with Crippen LogP contribution in [0.25, 0.3) is 0 Å². The second-order valence-corrected chi connectivity index (χ2v) is 5.03. The lowest BCUT2D eigenvalue weighted by Crippen LogP contribution is -2.17. The molecule has 0 spiro atoms. The first-order valence-corrected chi connectivity index (χ1v) is 4.68. The maximum absolute atomic E-state index is 5.42. The summed E-state index contributed by atoms with van der Waals surface area (Å²) in [6.07, 6.45) is 5.42. The van der Waals surface area contributed by atoms with Crippen LogP contribution in [0.4, 0.5) is 0 Å². The van der Waals surface area contributed by atoms with Crippen LogP contribution in [0.1, 0.15) is 46.3 Å². The molecular formula is C11H17N3. The van der Waals surface area contributed by atoms with E-state index < -0.39 is 0 Å². The number of terminal acetylenes is 1. The van der Waals surface area contributed by atoms with Crippen molar-refractivity contribution in [2.45, 2.75) is 45.4 Å². The van der Waals surface area contributed by atoms with Crippen molar-refractivity contribution < 1.29 is 0 Å². The Bertz CT molecular complexity index is 361. The number of hydrogen-bond donors (Lipinski definition) is 1. The Balaban J connectivity index is 3.08. The van der Waals surface area contributed by atoms with Crippen LogP contribution in [-0.2, 0) is 10.8 Å². The fourth-order valence-electron chi connectivity index (χ4n) is 0.945. The summed E-state index contributed by atoms with van der Waals surface area (Å²) in [6, 6.07) is 0. The van der Waals surface area contributed by atoms with Crippen molar-refractivity contribution in [3.63, 3.8) is 0 Å². The summed E-state index contributed by atoms with van der Waals surface area (Å²) in [4.78, 5) is 4.41. The van der Waals surface area contributed by atoms with Gasteiger partial charge in [-0.2, -0.15) is 5.10 Å². The summed E-state index contributed by atoms with van der Waals surface area (Å²) in [5.41, 5.74) is -0.421. The number of rotatable bonds is 1. The van der Waals surface area contributed by atoms with Gasteiger partial charge in [0.25, 0.3) is 0 Å². The monoisotopic (exact) mass is 191 g/mol. The Morgan fingerprint density at radius 1 is 1.21 bits per heavy atom. The van der Waals surface area contributed by atoms with Crippen molar-refractivity contribution in [1.29, 1.82) is 0 Å². The first-order chi connectivity index (χ1) is 6.27. The Kier molecular flexibility index (Phi) is 2.41. The highest BCUT2D eigenvalue weighted by Gasteiger charge is 2.25. The molecule has 0 amide bonds. The second-order valence-electron chi connectivity index (χ2n) is 5.03. The van der Waals surface area contributed by atoms with E-state index in [2.05, 4.69) is 41.9 Å². The summed E-state index contributed by atoms with van der Waals surface area (Å²) < 4.78 is 0. The van der Waals surface area contributed by atoms with Crippen LogP contribution in [0.5, 0.6) is 0 Å². The molecule has 0 aliphatic rings. The zero-order chi connectivity index (χ0) is 11.0. The highest BCUT2D eigenvalue weighted by atomic mass is 15.2. The molecule has 0 aromatic carbocycles. The summed E-state index contributed by atoms with van der Waals surface area (Å²) in [7, 11) is 0. The molecule has 0 aliphatic carbocycles. The first-order valence-electron chi connectivity index (χ1n) is 4.68. The van der Waals surface area contributed by atoms with Crippen molar-refractivity contribution in [3.05, 3.63) is 11.6 Å². The minimum atomic E-state index is -0.378. The van der Waals surface area contributed by atoms with E-state index in [1.165, 1.54) is 0 Å². The van der Waals surface area contributed by atoms with Crippen LogP contribution in [-0.4, -0.2) is 15.2 Å². The van der Waals surface area contributed by atoms with Crippen LogP contribution in [0.2, 0.25) is 0 Å². The molecule has 0 unspecified atom stereocenters. The quantitative estimate of drug-likeness (QED) is 0.690. The van der Waals surface area contributed by atoms with Gasteiger partial charge in [-0.3, -0.25) is 5.10 Å². The molecule has 1 heterocycles. The lowest BCUT2D eigenvalue weighted by Gasteiger charge is -2.14. The van der Waals surface area contributed by atoms with E-state index in [1.54, 1.807) is 0 Å². The van der Waals surface area contributed by atoms with Gasteiger partial charge in [-0.25, -0.2) is 4.98 Å². The maximum Gasteiger partial charge on any atom is 0.156 e. The molecule has 3 nitrogen and oxygen atoms in total. The number of aromatic amines is 1. The Hall–Kier alpha value is -1.30. The molecule has 0 atom stereocenters. The smallest absolute Gasteiger partial charge is 0.156 e. The van der Waals surface area contributed by atoms with Gasteiger partial charge >= 0.3 is 0 Å². The predicted molar refractivity (Wildman–Crippen MR) is 56.9 cm³/mol. The Morgan fingerprint density at radius 3 is 2.14 bits per heavy atom. The van der Waals surface area contributed by atoms with Gasteiger partial charge in [0.15, 0.2) is 5.82 Å². The number of nitrogens with zero attached hydrogens (tertiary/aromatic N) is 2. The van der Waals surface area contributed by atoms with Crippen LogP contribution in [0, 0.1) is 12.3 Å². The molecule has 1 aromatic rings. The summed E-state index contributed by atoms with van der Waals surface area (Å²) in [5.74, 6) is 4.24. The number of aromatic nitrogens is 3. The molecule has 0 saturated carbocycles. The Labute approximate surface area is 85.3 Å². The lowest BCUT2D eigenvalue weighted by molar-refractivity contribution is 0.546. The highest BCUT2D eigenvalue weighted by molar-refractivity contribution is 5.20. The van der Waals surface area contributed by atoms with Crippen LogP contribution in [0.15, 0.2) is 0 Å². The Morgan fingerprint density at radius 2 is 1.79 bits per heavy atom. The van der Waals surface area contributed by atoms with Crippen LogP contribution >= 0.6 is 0 Å². The molecule has 1 aromatic heterocycles. The van der Waals surface area contributed by atoms with Crippen LogP contribution < -0.4 is 0 Å². The second kappa shape index (κ2) is 3.13. The summed E-state index contributed by atoms with van der Waals surface area (Å²) in [5, 5.41) is 7.07. The van der Waals surface area contributed by atoms with Gasteiger partial charge in [0.1, 0.15) is 5.82 Å². The largest absolute Gasteiger partial charge is 0.262 e. The van der Waals surface area contributed by atoms with E-state index in [4.69, 9.17) is 6.42 Å². The van der Waals surface area contributed by atoms with Crippen molar-refractivity contribution in [2.75, 3.05) is 0 Å². The molecule has 1 N–H and O–H groups in total. The van der Waals surface area contributed by atoms with E-state index in [0.29, 0.717) is 0 Å². The van der Waals surface area contributed by atoms with E-state index in [1.807, 2.05) is 13.8 Å². The third-order valence-corrected chi connectivity index (χ3v) is 2.11. The van der Waals surface area contributed by atoms with Crippen molar-refractivity contribution >= 4 is 0 Å². The molecule has 0 aliphatic heterocycles. The fourth-order valence-corrected chi connectivity index (χ4v) is 0.945. The number of nitrogens with one attached hydrogen (secondary N) is 1. The standard InChI is InChI=1S/C11H17N3/c1-7-11(5,6)9-12-8(13-14-9)10(2,3)4/h1H,2-6H3,(H,12,13,14). The van der Waals surface area contributed by atoms with Gasteiger partial charge in [-0.05, 0) is 13.8 Å². The molecule has 0 bridgehead atoms. The van der Waals surface area contributed by atoms with Crippen molar-refractivity contribution in [1.82, 2.24) is 15.2 Å². The van der Waals surface area contributed by atoms with Gasteiger partial charge in [-0.1, -0.05) is 26.7 Å². The minimum absolute atomic E-state index is 0.0422. The highest BCUT2D eigenvalue weighted by Crippen LogP contribution is 2.22. The first kappa shape index (κ1) is 10.8.